The maximum Gasteiger partial charge on any atom is 0.310 e. The minimum absolute atomic E-state index is 0.0728. The number of methoxy groups -OCH3 is 1. The van der Waals surface area contributed by atoms with Crippen molar-refractivity contribution in [2.45, 2.75) is 50.6 Å². The Balaban J connectivity index is 1.86. The molecule has 0 aliphatic carbocycles. The molecule has 1 N–H and O–H groups in total. The number of nitrogens with one attached hydrogen (secondary N) is 1. The highest BCUT2D eigenvalue weighted by Crippen LogP contribution is 2.42. The van der Waals surface area contributed by atoms with Gasteiger partial charge in [0.2, 0.25) is 0 Å². The van der Waals surface area contributed by atoms with Gasteiger partial charge < -0.3 is 10.1 Å². The lowest BCUT2D eigenvalue weighted by atomic mass is 9.77. The van der Waals surface area contributed by atoms with Gasteiger partial charge in [-0.15, -0.1) is 0 Å². The van der Waals surface area contributed by atoms with Crippen molar-refractivity contribution in [2.24, 2.45) is 5.92 Å². The molecule has 3 nitrogen and oxygen atoms in total. The number of ether oxygens (including phenoxy) is 1. The van der Waals surface area contributed by atoms with E-state index in [2.05, 4.69) is 41.4 Å². The maximum absolute atomic E-state index is 12.3. The zero-order chi connectivity index (χ0) is 15.5. The van der Waals surface area contributed by atoms with E-state index in [9.17, 15) is 4.79 Å². The molecule has 116 valence electrons. The van der Waals surface area contributed by atoms with E-state index in [-0.39, 0.29) is 23.8 Å². The number of hydrogen-bond acceptors (Lipinski definition) is 3. The minimum Gasteiger partial charge on any atom is -0.469 e. The van der Waals surface area contributed by atoms with Crippen LogP contribution in [0, 0.1) is 17.8 Å². The molecule has 2 fully saturated rings. The SMILES string of the molecule is CCC#Cc1ccc(C2CC3CCC(N3)C2C(=O)OC)cc1. The number of rotatable bonds is 2. The van der Waals surface area contributed by atoms with Gasteiger partial charge in [0, 0.05) is 30.0 Å². The smallest absolute Gasteiger partial charge is 0.310 e. The van der Waals surface area contributed by atoms with Crippen LogP contribution in [0.15, 0.2) is 24.3 Å². The monoisotopic (exact) mass is 297 g/mol. The van der Waals surface area contributed by atoms with E-state index in [4.69, 9.17) is 4.74 Å². The molecule has 2 bridgehead atoms. The summed E-state index contributed by atoms with van der Waals surface area (Å²) < 4.78 is 5.07. The van der Waals surface area contributed by atoms with E-state index in [1.165, 1.54) is 12.7 Å². The Labute approximate surface area is 132 Å². The van der Waals surface area contributed by atoms with E-state index in [1.807, 2.05) is 6.92 Å². The molecule has 2 heterocycles. The molecular weight excluding hydrogens is 274 g/mol. The lowest BCUT2D eigenvalue weighted by molar-refractivity contribution is -0.148. The zero-order valence-electron chi connectivity index (χ0n) is 13.3. The van der Waals surface area contributed by atoms with Crippen LogP contribution in [0.25, 0.3) is 0 Å². The highest BCUT2D eigenvalue weighted by molar-refractivity contribution is 5.75. The molecule has 0 radical (unpaired) electrons. The predicted molar refractivity (Wildman–Crippen MR) is 86.4 cm³/mol. The first kappa shape index (κ1) is 15.1. The first-order valence-electron chi connectivity index (χ1n) is 8.15. The lowest BCUT2D eigenvalue weighted by Gasteiger charge is -2.36. The normalized spacial score (nSPS) is 29.5. The maximum atomic E-state index is 12.3. The summed E-state index contributed by atoms with van der Waals surface area (Å²) in [6, 6.07) is 9.19. The van der Waals surface area contributed by atoms with Gasteiger partial charge in [-0.05, 0) is 37.0 Å². The molecule has 0 spiro atoms. The average molecular weight is 297 g/mol. The van der Waals surface area contributed by atoms with E-state index in [0.29, 0.717) is 6.04 Å². The van der Waals surface area contributed by atoms with Crippen molar-refractivity contribution in [3.8, 4) is 11.8 Å². The van der Waals surface area contributed by atoms with Crippen molar-refractivity contribution in [2.75, 3.05) is 7.11 Å². The molecule has 3 heteroatoms. The van der Waals surface area contributed by atoms with Crippen molar-refractivity contribution in [3.05, 3.63) is 35.4 Å². The fraction of sp³-hybridized carbons (Fsp3) is 0.526. The Morgan fingerprint density at radius 1 is 1.32 bits per heavy atom. The van der Waals surface area contributed by atoms with E-state index >= 15 is 0 Å². The number of hydrogen-bond donors (Lipinski definition) is 1. The van der Waals surface area contributed by atoms with Gasteiger partial charge in [0.1, 0.15) is 0 Å². The second kappa shape index (κ2) is 6.54. The molecule has 2 aliphatic rings. The Morgan fingerprint density at radius 2 is 2.09 bits per heavy atom. The first-order valence-corrected chi connectivity index (χ1v) is 8.15. The third-order valence-electron chi connectivity index (χ3n) is 4.90. The van der Waals surface area contributed by atoms with Crippen molar-refractivity contribution in [3.63, 3.8) is 0 Å². The quantitative estimate of drug-likeness (QED) is 0.674. The molecule has 22 heavy (non-hydrogen) atoms. The van der Waals surface area contributed by atoms with E-state index in [1.54, 1.807) is 0 Å². The van der Waals surface area contributed by atoms with Gasteiger partial charge in [0.05, 0.1) is 13.0 Å². The molecular formula is C19H23NO2. The largest absolute Gasteiger partial charge is 0.469 e. The highest BCUT2D eigenvalue weighted by atomic mass is 16.5. The average Bonchev–Trinajstić information content (AvgIpc) is 2.94. The molecule has 1 aromatic carbocycles. The van der Waals surface area contributed by atoms with Crippen LogP contribution in [0.5, 0.6) is 0 Å². The Hall–Kier alpha value is -1.79. The van der Waals surface area contributed by atoms with Crippen LogP contribution >= 0.6 is 0 Å². The van der Waals surface area contributed by atoms with Gasteiger partial charge in [-0.3, -0.25) is 4.79 Å². The second-order valence-corrected chi connectivity index (χ2v) is 6.22. The van der Waals surface area contributed by atoms with Crippen molar-refractivity contribution >= 4 is 5.97 Å². The summed E-state index contributed by atoms with van der Waals surface area (Å²) in [4.78, 5) is 12.3. The summed E-state index contributed by atoms with van der Waals surface area (Å²) >= 11 is 0. The van der Waals surface area contributed by atoms with Crippen LogP contribution in [-0.4, -0.2) is 25.2 Å². The fourth-order valence-electron chi connectivity index (χ4n) is 3.86. The van der Waals surface area contributed by atoms with Gasteiger partial charge in [0.15, 0.2) is 0 Å². The summed E-state index contributed by atoms with van der Waals surface area (Å²) in [6.07, 6.45) is 4.11. The predicted octanol–water partition coefficient (Wildman–Crippen LogP) is 2.85. The molecule has 1 aromatic rings. The minimum atomic E-state index is -0.0855. The van der Waals surface area contributed by atoms with Gasteiger partial charge in [0.25, 0.3) is 0 Å². The molecule has 4 unspecified atom stereocenters. The van der Waals surface area contributed by atoms with Gasteiger partial charge >= 0.3 is 5.97 Å². The summed E-state index contributed by atoms with van der Waals surface area (Å²) in [5, 5.41) is 3.57. The van der Waals surface area contributed by atoms with E-state index < -0.39 is 0 Å². The number of esters is 1. The van der Waals surface area contributed by atoms with Crippen LogP contribution in [0.4, 0.5) is 0 Å². The molecule has 2 saturated heterocycles. The summed E-state index contributed by atoms with van der Waals surface area (Å²) in [5.41, 5.74) is 2.27. The van der Waals surface area contributed by atoms with Crippen LogP contribution in [-0.2, 0) is 9.53 Å². The Morgan fingerprint density at radius 3 is 2.77 bits per heavy atom. The van der Waals surface area contributed by atoms with Gasteiger partial charge in [-0.2, -0.15) is 0 Å². The zero-order valence-corrected chi connectivity index (χ0v) is 13.3. The molecule has 0 saturated carbocycles. The number of piperidine rings is 1. The topological polar surface area (TPSA) is 38.3 Å². The standard InChI is InChI=1S/C19H23NO2/c1-3-4-5-13-6-8-14(9-7-13)16-12-15-10-11-17(20-15)18(16)19(21)22-2/h6-9,15-18,20H,3,10-12H2,1-2H3. The lowest BCUT2D eigenvalue weighted by Crippen LogP contribution is -2.48. The van der Waals surface area contributed by atoms with Crippen LogP contribution < -0.4 is 5.32 Å². The van der Waals surface area contributed by atoms with Gasteiger partial charge in [-0.1, -0.05) is 30.9 Å². The summed E-state index contributed by atoms with van der Waals surface area (Å²) in [5.74, 6) is 6.33. The summed E-state index contributed by atoms with van der Waals surface area (Å²) in [7, 11) is 1.49. The van der Waals surface area contributed by atoms with E-state index in [0.717, 1.165) is 31.2 Å². The third kappa shape index (κ3) is 2.89. The fourth-order valence-corrected chi connectivity index (χ4v) is 3.86. The number of carbonyl (C=O) groups is 1. The molecule has 4 atom stereocenters. The Bertz CT molecular complexity index is 596. The third-order valence-corrected chi connectivity index (χ3v) is 4.90. The number of benzene rings is 1. The molecule has 0 amide bonds. The molecule has 0 aromatic heterocycles. The highest BCUT2D eigenvalue weighted by Gasteiger charge is 2.46. The molecule has 2 aliphatic heterocycles. The van der Waals surface area contributed by atoms with Crippen molar-refractivity contribution in [1.82, 2.24) is 5.32 Å². The second-order valence-electron chi connectivity index (χ2n) is 6.22. The van der Waals surface area contributed by atoms with Crippen LogP contribution in [0.1, 0.15) is 49.7 Å². The van der Waals surface area contributed by atoms with Crippen molar-refractivity contribution in [1.29, 1.82) is 0 Å². The first-order chi connectivity index (χ1) is 10.7. The number of carbonyl (C=O) groups excluding carboxylic acids is 1. The van der Waals surface area contributed by atoms with Crippen molar-refractivity contribution < 1.29 is 9.53 Å². The van der Waals surface area contributed by atoms with Gasteiger partial charge in [-0.25, -0.2) is 0 Å². The Kier molecular flexibility index (Phi) is 4.49. The van der Waals surface area contributed by atoms with Crippen LogP contribution in [0.2, 0.25) is 0 Å². The number of fused-ring (bicyclic) bond motifs is 2. The summed E-state index contributed by atoms with van der Waals surface area (Å²) in [6.45, 7) is 2.05. The van der Waals surface area contributed by atoms with Crippen LogP contribution in [0.3, 0.4) is 0 Å². The molecule has 3 rings (SSSR count).